The molecule has 0 saturated carbocycles. The van der Waals surface area contributed by atoms with Crippen LogP contribution < -0.4 is 5.73 Å². The largest absolute Gasteiger partial charge is 0.326 e. The lowest BCUT2D eigenvalue weighted by Crippen LogP contribution is -2.29. The molecule has 4 nitrogen and oxygen atoms in total. The third-order valence-corrected chi connectivity index (χ3v) is 6.29. The van der Waals surface area contributed by atoms with Crippen molar-refractivity contribution in [3.63, 3.8) is 0 Å². The number of nitrogens with two attached hydrogens (primary N) is 1. The van der Waals surface area contributed by atoms with Crippen molar-refractivity contribution < 1.29 is 8.42 Å². The van der Waals surface area contributed by atoms with Crippen molar-refractivity contribution >= 4 is 37.7 Å². The molecule has 0 aliphatic heterocycles. The zero-order valence-corrected chi connectivity index (χ0v) is 14.5. The number of halogens is 1. The number of hydrogen-bond donors (Lipinski definition) is 1. The van der Waals surface area contributed by atoms with Gasteiger partial charge in [-0.3, -0.25) is 0 Å². The van der Waals surface area contributed by atoms with Gasteiger partial charge in [0.1, 0.15) is 0 Å². The van der Waals surface area contributed by atoms with Crippen LogP contribution in [0.1, 0.15) is 11.1 Å². The average Bonchev–Trinajstić information content (AvgIpc) is 2.38. The number of benzene rings is 1. The highest BCUT2D eigenvalue weighted by atomic mass is 79.9. The maximum atomic E-state index is 12.5. The first kappa shape index (κ1) is 17.0. The fourth-order valence-corrected chi connectivity index (χ4v) is 4.28. The lowest BCUT2D eigenvalue weighted by molar-refractivity contribution is 0.488. The van der Waals surface area contributed by atoms with Gasteiger partial charge in [-0.05, 0) is 36.4 Å². The van der Waals surface area contributed by atoms with Crippen molar-refractivity contribution in [3.8, 4) is 0 Å². The molecule has 0 unspecified atom stereocenters. The van der Waals surface area contributed by atoms with Gasteiger partial charge < -0.3 is 5.73 Å². The molecule has 0 bridgehead atoms. The molecule has 0 aliphatic carbocycles. The Morgan fingerprint density at radius 2 is 2.05 bits per heavy atom. The van der Waals surface area contributed by atoms with Crippen molar-refractivity contribution in [3.05, 3.63) is 27.7 Å². The fourth-order valence-electron chi connectivity index (χ4n) is 1.60. The first-order valence-electron chi connectivity index (χ1n) is 5.79. The number of nitrogens with zero attached hydrogens (tertiary/aromatic N) is 1. The summed E-state index contributed by atoms with van der Waals surface area (Å²) in [5, 5.41) is 0. The molecule has 0 amide bonds. The standard InChI is InChI=1S/C12H19BrN2O2S2/c1-9-11(13)6-10(8-14)7-12(9)19(16,17)15(2)4-5-18-3/h6-7H,4-5,8,14H2,1-3H3. The maximum absolute atomic E-state index is 12.5. The van der Waals surface area contributed by atoms with Gasteiger partial charge in [-0.15, -0.1) is 0 Å². The molecule has 0 aromatic heterocycles. The quantitative estimate of drug-likeness (QED) is 0.837. The van der Waals surface area contributed by atoms with Crippen LogP contribution >= 0.6 is 27.7 Å². The molecule has 0 atom stereocenters. The average molecular weight is 367 g/mol. The second kappa shape index (κ2) is 7.08. The van der Waals surface area contributed by atoms with E-state index in [1.807, 2.05) is 12.3 Å². The Morgan fingerprint density at radius 3 is 2.58 bits per heavy atom. The van der Waals surface area contributed by atoms with Gasteiger partial charge in [-0.1, -0.05) is 15.9 Å². The smallest absolute Gasteiger partial charge is 0.243 e. The maximum Gasteiger partial charge on any atom is 0.243 e. The van der Waals surface area contributed by atoms with Crippen LogP contribution in [0, 0.1) is 6.92 Å². The molecule has 0 spiro atoms. The Morgan fingerprint density at radius 1 is 1.42 bits per heavy atom. The summed E-state index contributed by atoms with van der Waals surface area (Å²) < 4.78 is 27.2. The van der Waals surface area contributed by atoms with Crippen LogP contribution in [-0.2, 0) is 16.6 Å². The SMILES string of the molecule is CSCCN(C)S(=O)(=O)c1cc(CN)cc(Br)c1C. The van der Waals surface area contributed by atoms with Gasteiger partial charge in [0.05, 0.1) is 4.90 Å². The highest BCUT2D eigenvalue weighted by molar-refractivity contribution is 9.10. The molecule has 0 saturated heterocycles. The number of rotatable bonds is 6. The van der Waals surface area contributed by atoms with Crippen molar-refractivity contribution in [2.75, 3.05) is 25.6 Å². The monoisotopic (exact) mass is 366 g/mol. The van der Waals surface area contributed by atoms with Gasteiger partial charge in [0.25, 0.3) is 0 Å². The van der Waals surface area contributed by atoms with Gasteiger partial charge >= 0.3 is 0 Å². The molecule has 1 aromatic carbocycles. The first-order valence-corrected chi connectivity index (χ1v) is 9.41. The summed E-state index contributed by atoms with van der Waals surface area (Å²) >= 11 is 5.01. The van der Waals surface area contributed by atoms with Crippen molar-refractivity contribution in [1.82, 2.24) is 4.31 Å². The summed E-state index contributed by atoms with van der Waals surface area (Å²) in [5.41, 5.74) is 7.12. The van der Waals surface area contributed by atoms with E-state index in [1.54, 1.807) is 31.8 Å². The van der Waals surface area contributed by atoms with E-state index in [1.165, 1.54) is 4.31 Å². The Bertz CT molecular complexity index is 547. The summed E-state index contributed by atoms with van der Waals surface area (Å²) in [7, 11) is -1.86. The lowest BCUT2D eigenvalue weighted by Gasteiger charge is -2.19. The normalized spacial score (nSPS) is 12.1. The van der Waals surface area contributed by atoms with Gasteiger partial charge in [-0.2, -0.15) is 11.8 Å². The van der Waals surface area contributed by atoms with E-state index in [2.05, 4.69) is 15.9 Å². The predicted octanol–water partition coefficient (Wildman–Crippen LogP) is 2.20. The number of sulfonamides is 1. The van der Waals surface area contributed by atoms with Crippen LogP contribution in [0.3, 0.4) is 0 Å². The lowest BCUT2D eigenvalue weighted by atomic mass is 10.1. The van der Waals surface area contributed by atoms with Crippen molar-refractivity contribution in [2.45, 2.75) is 18.4 Å². The second-order valence-electron chi connectivity index (χ2n) is 4.22. The van der Waals surface area contributed by atoms with Crippen LogP contribution in [0.25, 0.3) is 0 Å². The van der Waals surface area contributed by atoms with Crippen LogP contribution in [0.2, 0.25) is 0 Å². The van der Waals surface area contributed by atoms with Crippen LogP contribution in [0.15, 0.2) is 21.5 Å². The highest BCUT2D eigenvalue weighted by Crippen LogP contribution is 2.27. The summed E-state index contributed by atoms with van der Waals surface area (Å²) in [6.07, 6.45) is 1.96. The number of hydrogen-bond acceptors (Lipinski definition) is 4. The van der Waals surface area contributed by atoms with Crippen LogP contribution in [-0.4, -0.2) is 38.3 Å². The Kier molecular flexibility index (Phi) is 6.32. The summed E-state index contributed by atoms with van der Waals surface area (Å²) in [6.45, 7) is 2.60. The molecule has 1 aromatic rings. The molecule has 7 heteroatoms. The minimum absolute atomic E-state index is 0.315. The summed E-state index contributed by atoms with van der Waals surface area (Å²) in [4.78, 5) is 0.325. The van der Waals surface area contributed by atoms with Gasteiger partial charge in [0, 0.05) is 30.4 Å². The van der Waals surface area contributed by atoms with Crippen molar-refractivity contribution in [2.24, 2.45) is 5.73 Å². The molecule has 19 heavy (non-hydrogen) atoms. The number of thioether (sulfide) groups is 1. The summed E-state index contributed by atoms with van der Waals surface area (Å²) in [5.74, 6) is 0.770. The molecule has 0 aliphatic rings. The van der Waals surface area contributed by atoms with Crippen LogP contribution in [0.5, 0.6) is 0 Å². The molecule has 0 heterocycles. The van der Waals surface area contributed by atoms with Gasteiger partial charge in [0.2, 0.25) is 10.0 Å². The van der Waals surface area contributed by atoms with Crippen molar-refractivity contribution in [1.29, 1.82) is 0 Å². The summed E-state index contributed by atoms with van der Waals surface area (Å²) in [6, 6.07) is 3.52. The van der Waals surface area contributed by atoms with E-state index < -0.39 is 10.0 Å². The highest BCUT2D eigenvalue weighted by Gasteiger charge is 2.23. The first-order chi connectivity index (χ1) is 8.84. The second-order valence-corrected chi connectivity index (χ2v) is 8.08. The van der Waals surface area contributed by atoms with E-state index in [9.17, 15) is 8.42 Å². The third kappa shape index (κ3) is 3.95. The zero-order chi connectivity index (χ0) is 14.6. The minimum atomic E-state index is -3.46. The molecular weight excluding hydrogens is 348 g/mol. The van der Waals surface area contributed by atoms with Gasteiger partial charge in [0.15, 0.2) is 0 Å². The van der Waals surface area contributed by atoms with E-state index in [-0.39, 0.29) is 0 Å². The van der Waals surface area contributed by atoms with E-state index in [0.717, 1.165) is 15.8 Å². The third-order valence-electron chi connectivity index (χ3n) is 2.89. The van der Waals surface area contributed by atoms with E-state index >= 15 is 0 Å². The molecule has 1 rings (SSSR count). The van der Waals surface area contributed by atoms with Crippen LogP contribution in [0.4, 0.5) is 0 Å². The zero-order valence-electron chi connectivity index (χ0n) is 11.3. The molecule has 2 N–H and O–H groups in total. The Balaban J connectivity index is 3.24. The minimum Gasteiger partial charge on any atom is -0.326 e. The topological polar surface area (TPSA) is 63.4 Å². The van der Waals surface area contributed by atoms with E-state index in [0.29, 0.717) is 23.5 Å². The molecule has 0 fully saturated rings. The fraction of sp³-hybridized carbons (Fsp3) is 0.500. The Labute approximate surface area is 127 Å². The predicted molar refractivity (Wildman–Crippen MR) is 85.0 cm³/mol. The van der Waals surface area contributed by atoms with Gasteiger partial charge in [-0.25, -0.2) is 12.7 Å². The Hall–Kier alpha value is -0.0800. The molecular formula is C12H19BrN2O2S2. The van der Waals surface area contributed by atoms with E-state index in [4.69, 9.17) is 5.73 Å². The molecule has 108 valence electrons. The molecule has 0 radical (unpaired) electrons.